The molecule has 0 atom stereocenters. The molecule has 4 rings (SSSR count). The molecule has 3 aromatic rings. The molecule has 1 amide bonds. The van der Waals surface area contributed by atoms with Crippen molar-refractivity contribution in [2.45, 2.75) is 14.9 Å². The van der Waals surface area contributed by atoms with Gasteiger partial charge < -0.3 is 15.0 Å². The van der Waals surface area contributed by atoms with Crippen LogP contribution in [0.25, 0.3) is 0 Å². The second kappa shape index (κ2) is 10.4. The summed E-state index contributed by atoms with van der Waals surface area (Å²) in [5, 5.41) is 13.0. The van der Waals surface area contributed by atoms with Crippen molar-refractivity contribution in [1.82, 2.24) is 14.8 Å². The SMILES string of the molecule is Cn1c(SCC(=O)Nc2ccccc2Sc2ccc(Cl)cc2)nnc1N1CCOCC1. The van der Waals surface area contributed by atoms with Crippen molar-refractivity contribution >= 4 is 52.7 Å². The molecule has 7 nitrogen and oxygen atoms in total. The summed E-state index contributed by atoms with van der Waals surface area (Å²) < 4.78 is 7.32. The van der Waals surface area contributed by atoms with Crippen LogP contribution in [0.2, 0.25) is 5.02 Å². The number of hydrogen-bond acceptors (Lipinski definition) is 7. The monoisotopic (exact) mass is 475 g/mol. The zero-order valence-electron chi connectivity index (χ0n) is 17.0. The number of morpholine rings is 1. The minimum atomic E-state index is -0.0925. The van der Waals surface area contributed by atoms with Gasteiger partial charge in [0.25, 0.3) is 0 Å². The van der Waals surface area contributed by atoms with Gasteiger partial charge in [0.1, 0.15) is 0 Å². The van der Waals surface area contributed by atoms with Gasteiger partial charge in [0.2, 0.25) is 11.9 Å². The van der Waals surface area contributed by atoms with Gasteiger partial charge in [0.05, 0.1) is 24.7 Å². The van der Waals surface area contributed by atoms with Crippen molar-refractivity contribution in [3.05, 3.63) is 53.6 Å². The fraction of sp³-hybridized carbons (Fsp3) is 0.286. The van der Waals surface area contributed by atoms with Gasteiger partial charge in [-0.2, -0.15) is 0 Å². The first-order valence-corrected chi connectivity index (χ1v) is 12.0. The number of hydrogen-bond donors (Lipinski definition) is 1. The predicted molar refractivity (Wildman–Crippen MR) is 125 cm³/mol. The molecule has 1 fully saturated rings. The van der Waals surface area contributed by atoms with Crippen molar-refractivity contribution in [1.29, 1.82) is 0 Å². The van der Waals surface area contributed by atoms with Crippen molar-refractivity contribution < 1.29 is 9.53 Å². The minimum absolute atomic E-state index is 0.0925. The van der Waals surface area contributed by atoms with Crippen LogP contribution in [0.5, 0.6) is 0 Å². The van der Waals surface area contributed by atoms with Crippen LogP contribution in [-0.4, -0.2) is 52.7 Å². The Balaban J connectivity index is 1.36. The number of thioether (sulfide) groups is 1. The molecule has 0 radical (unpaired) electrons. The topological polar surface area (TPSA) is 72.3 Å². The second-order valence-electron chi connectivity index (χ2n) is 6.83. The zero-order chi connectivity index (χ0) is 21.6. The maximum Gasteiger partial charge on any atom is 0.234 e. The first-order chi connectivity index (χ1) is 15.1. The molecule has 1 aromatic heterocycles. The lowest BCUT2D eigenvalue weighted by atomic mass is 10.3. The van der Waals surface area contributed by atoms with Crippen LogP contribution in [0.4, 0.5) is 11.6 Å². The molecule has 1 aliphatic rings. The Morgan fingerprint density at radius 2 is 1.87 bits per heavy atom. The van der Waals surface area contributed by atoms with Crippen LogP contribution in [0, 0.1) is 0 Å². The van der Waals surface area contributed by atoms with Crippen LogP contribution >= 0.6 is 35.1 Å². The highest BCUT2D eigenvalue weighted by atomic mass is 35.5. The number of aromatic nitrogens is 3. The highest BCUT2D eigenvalue weighted by molar-refractivity contribution is 8.00. The smallest absolute Gasteiger partial charge is 0.234 e. The summed E-state index contributed by atoms with van der Waals surface area (Å²) in [6, 6.07) is 15.4. The van der Waals surface area contributed by atoms with Gasteiger partial charge in [-0.1, -0.05) is 47.3 Å². The molecular formula is C21H22ClN5O2S2. The molecule has 31 heavy (non-hydrogen) atoms. The largest absolute Gasteiger partial charge is 0.378 e. The van der Waals surface area contributed by atoms with Crippen molar-refractivity contribution in [3.63, 3.8) is 0 Å². The maximum absolute atomic E-state index is 12.6. The van der Waals surface area contributed by atoms with Gasteiger partial charge in [0, 0.05) is 35.0 Å². The third kappa shape index (κ3) is 5.74. The van der Waals surface area contributed by atoms with Gasteiger partial charge >= 0.3 is 0 Å². The fourth-order valence-electron chi connectivity index (χ4n) is 3.08. The predicted octanol–water partition coefficient (Wildman–Crippen LogP) is 4.19. The van der Waals surface area contributed by atoms with E-state index in [2.05, 4.69) is 20.4 Å². The Morgan fingerprint density at radius 1 is 1.13 bits per heavy atom. The number of amides is 1. The van der Waals surface area contributed by atoms with E-state index in [9.17, 15) is 4.79 Å². The lowest BCUT2D eigenvalue weighted by molar-refractivity contribution is -0.113. The fourth-order valence-corrected chi connectivity index (χ4v) is 4.81. The molecule has 1 saturated heterocycles. The van der Waals surface area contributed by atoms with Crippen LogP contribution < -0.4 is 10.2 Å². The van der Waals surface area contributed by atoms with E-state index < -0.39 is 0 Å². The number of anilines is 2. The van der Waals surface area contributed by atoms with E-state index >= 15 is 0 Å². The van der Waals surface area contributed by atoms with Crippen molar-refractivity contribution in [2.24, 2.45) is 7.05 Å². The summed E-state index contributed by atoms with van der Waals surface area (Å²) in [6.45, 7) is 2.95. The van der Waals surface area contributed by atoms with Gasteiger partial charge in [-0.15, -0.1) is 10.2 Å². The molecule has 162 valence electrons. The summed E-state index contributed by atoms with van der Waals surface area (Å²) >= 11 is 8.92. The average Bonchev–Trinajstić information content (AvgIpc) is 3.16. The minimum Gasteiger partial charge on any atom is -0.378 e. The molecule has 10 heteroatoms. The molecule has 0 saturated carbocycles. The van der Waals surface area contributed by atoms with Crippen LogP contribution in [0.1, 0.15) is 0 Å². The Hall–Kier alpha value is -2.20. The van der Waals surface area contributed by atoms with E-state index in [0.29, 0.717) is 23.4 Å². The zero-order valence-corrected chi connectivity index (χ0v) is 19.3. The first-order valence-electron chi connectivity index (χ1n) is 9.77. The summed E-state index contributed by atoms with van der Waals surface area (Å²) in [5.74, 6) is 0.954. The first kappa shape index (κ1) is 22.0. The lowest BCUT2D eigenvalue weighted by Gasteiger charge is -2.27. The molecular weight excluding hydrogens is 454 g/mol. The van der Waals surface area contributed by atoms with Crippen molar-refractivity contribution in [2.75, 3.05) is 42.3 Å². The molecule has 0 unspecified atom stereocenters. The number of nitrogens with zero attached hydrogens (tertiary/aromatic N) is 4. The van der Waals surface area contributed by atoms with Gasteiger partial charge in [-0.3, -0.25) is 9.36 Å². The lowest BCUT2D eigenvalue weighted by Crippen LogP contribution is -2.37. The standard InChI is InChI=1S/C21H22ClN5O2S2/c1-26-20(27-10-12-29-13-11-27)24-25-21(26)30-14-19(28)23-17-4-2-3-5-18(17)31-16-8-6-15(22)7-9-16/h2-9H,10-14H2,1H3,(H,23,28). The van der Waals surface area contributed by atoms with E-state index in [1.807, 2.05) is 60.1 Å². The summed E-state index contributed by atoms with van der Waals surface area (Å²) in [7, 11) is 1.92. The molecule has 1 N–H and O–H groups in total. The van der Waals surface area contributed by atoms with E-state index in [-0.39, 0.29) is 11.7 Å². The summed E-state index contributed by atoms with van der Waals surface area (Å²) in [6.07, 6.45) is 0. The summed E-state index contributed by atoms with van der Waals surface area (Å²) in [5.41, 5.74) is 0.778. The van der Waals surface area contributed by atoms with Gasteiger partial charge in [-0.05, 0) is 36.4 Å². The number of rotatable bonds is 7. The Bertz CT molecular complexity index is 1040. The number of para-hydroxylation sites is 1. The second-order valence-corrected chi connectivity index (χ2v) is 9.32. The third-order valence-corrected chi connectivity index (χ3v) is 7.00. The number of halogens is 1. The summed E-state index contributed by atoms with van der Waals surface area (Å²) in [4.78, 5) is 16.8. The highest BCUT2D eigenvalue weighted by Gasteiger charge is 2.19. The molecule has 0 aliphatic carbocycles. The Kier molecular flexibility index (Phi) is 7.39. The molecule has 2 heterocycles. The van der Waals surface area contributed by atoms with Crippen LogP contribution in [0.3, 0.4) is 0 Å². The number of nitrogens with one attached hydrogen (secondary N) is 1. The average molecular weight is 476 g/mol. The van der Waals surface area contributed by atoms with Crippen LogP contribution in [0.15, 0.2) is 63.5 Å². The maximum atomic E-state index is 12.6. The Labute approximate surface area is 194 Å². The van der Waals surface area contributed by atoms with E-state index in [1.165, 1.54) is 11.8 Å². The molecule has 1 aliphatic heterocycles. The van der Waals surface area contributed by atoms with E-state index in [1.54, 1.807) is 11.8 Å². The number of carbonyl (C=O) groups excluding carboxylic acids is 1. The van der Waals surface area contributed by atoms with Gasteiger partial charge in [0.15, 0.2) is 5.16 Å². The third-order valence-electron chi connectivity index (χ3n) is 4.64. The van der Waals surface area contributed by atoms with Crippen LogP contribution in [-0.2, 0) is 16.6 Å². The normalized spacial score (nSPS) is 13.9. The molecule has 0 bridgehead atoms. The number of benzene rings is 2. The van der Waals surface area contributed by atoms with Gasteiger partial charge in [-0.25, -0.2) is 0 Å². The molecule has 2 aromatic carbocycles. The number of carbonyl (C=O) groups is 1. The van der Waals surface area contributed by atoms with E-state index in [4.69, 9.17) is 16.3 Å². The quantitative estimate of drug-likeness (QED) is 0.514. The Morgan fingerprint density at radius 3 is 2.65 bits per heavy atom. The highest BCUT2D eigenvalue weighted by Crippen LogP contribution is 2.34. The van der Waals surface area contributed by atoms with E-state index in [0.717, 1.165) is 34.5 Å². The van der Waals surface area contributed by atoms with Crippen molar-refractivity contribution in [3.8, 4) is 0 Å². The molecule has 0 spiro atoms. The number of ether oxygens (including phenoxy) is 1.